The van der Waals surface area contributed by atoms with Crippen molar-refractivity contribution < 1.29 is 4.79 Å². The van der Waals surface area contributed by atoms with E-state index in [-0.39, 0.29) is 5.92 Å². The molecule has 28 heavy (non-hydrogen) atoms. The second-order valence-electron chi connectivity index (χ2n) is 8.46. The van der Waals surface area contributed by atoms with Gasteiger partial charge in [-0.1, -0.05) is 42.1 Å². The van der Waals surface area contributed by atoms with Crippen LogP contribution in [0.5, 0.6) is 0 Å². The first-order valence-corrected chi connectivity index (χ1v) is 11.1. The lowest BCUT2D eigenvalue weighted by molar-refractivity contribution is -0.133. The normalized spacial score (nSPS) is 30.8. The van der Waals surface area contributed by atoms with E-state index in [0.717, 1.165) is 17.4 Å². The molecule has 4 fully saturated rings. The van der Waals surface area contributed by atoms with Crippen LogP contribution in [-0.2, 0) is 4.79 Å². The number of carbonyl (C=O) groups excluding carboxylic acids is 1. The number of hydrazone groups is 1. The van der Waals surface area contributed by atoms with E-state index >= 15 is 0 Å². The van der Waals surface area contributed by atoms with Crippen LogP contribution in [0.2, 0.25) is 0 Å². The van der Waals surface area contributed by atoms with Gasteiger partial charge in [0.15, 0.2) is 0 Å². The predicted octanol–water partition coefficient (Wildman–Crippen LogP) is 3.98. The monoisotopic (exact) mass is 395 g/mol. The van der Waals surface area contributed by atoms with Gasteiger partial charge >= 0.3 is 0 Å². The summed E-state index contributed by atoms with van der Waals surface area (Å²) in [6, 6.07) is 9.84. The largest absolute Gasteiger partial charge is 0.298 e. The van der Waals surface area contributed by atoms with Crippen molar-refractivity contribution in [3.05, 3.63) is 35.9 Å². The number of nitrogens with zero attached hydrogens (tertiary/aromatic N) is 3. The summed E-state index contributed by atoms with van der Waals surface area (Å²) >= 11 is 1.43. The predicted molar refractivity (Wildman–Crippen MR) is 110 cm³/mol. The lowest BCUT2D eigenvalue weighted by Gasteiger charge is -2.53. The summed E-state index contributed by atoms with van der Waals surface area (Å²) in [6.07, 6.45) is 8.27. The number of Topliss-reactive ketones (excluding diaryl/α,β-unsaturated/α-hetero) is 1. The summed E-state index contributed by atoms with van der Waals surface area (Å²) in [6.45, 7) is 0. The number of aromatic amines is 1. The van der Waals surface area contributed by atoms with Gasteiger partial charge in [0.05, 0.1) is 12.0 Å². The third-order valence-electron chi connectivity index (χ3n) is 6.59. The first-order chi connectivity index (χ1) is 13.7. The van der Waals surface area contributed by atoms with E-state index in [1.165, 1.54) is 43.9 Å². The van der Waals surface area contributed by atoms with E-state index in [2.05, 4.69) is 25.7 Å². The van der Waals surface area contributed by atoms with Crippen LogP contribution in [0.25, 0.3) is 0 Å². The fourth-order valence-electron chi connectivity index (χ4n) is 5.75. The molecule has 0 saturated heterocycles. The zero-order chi connectivity index (χ0) is 18.9. The Morgan fingerprint density at radius 1 is 1.14 bits per heavy atom. The van der Waals surface area contributed by atoms with E-state index in [4.69, 9.17) is 0 Å². The molecule has 4 aliphatic rings. The average molecular weight is 396 g/mol. The van der Waals surface area contributed by atoms with E-state index in [1.807, 2.05) is 30.3 Å². The average Bonchev–Trinajstić information content (AvgIpc) is 3.14. The fraction of sp³-hybridized carbons (Fsp3) is 0.524. The second-order valence-corrected chi connectivity index (χ2v) is 9.40. The molecule has 2 aromatic rings. The third kappa shape index (κ3) is 3.72. The molecule has 0 atom stereocenters. The highest BCUT2D eigenvalue weighted by Crippen LogP contribution is 2.56. The maximum Gasteiger partial charge on any atom is 0.240 e. The van der Waals surface area contributed by atoms with Crippen LogP contribution >= 0.6 is 11.8 Å². The van der Waals surface area contributed by atoms with Gasteiger partial charge in [0.2, 0.25) is 11.1 Å². The molecule has 0 amide bonds. The molecule has 2 N–H and O–H groups in total. The minimum absolute atomic E-state index is 0.285. The van der Waals surface area contributed by atoms with Crippen molar-refractivity contribution >= 4 is 29.7 Å². The molecular formula is C21H25N5OS. The van der Waals surface area contributed by atoms with Gasteiger partial charge in [-0.3, -0.25) is 4.79 Å². The molecule has 1 heterocycles. The Balaban J connectivity index is 1.13. The van der Waals surface area contributed by atoms with Crippen molar-refractivity contribution in [3.8, 4) is 0 Å². The van der Waals surface area contributed by atoms with Crippen LogP contribution in [-0.4, -0.2) is 32.9 Å². The number of ketones is 1. The van der Waals surface area contributed by atoms with Crippen molar-refractivity contribution in [2.75, 3.05) is 11.2 Å². The molecule has 6 nitrogen and oxygen atoms in total. The second kappa shape index (κ2) is 7.70. The number of carbonyl (C=O) groups is 1. The Morgan fingerprint density at radius 3 is 2.57 bits per heavy atom. The maximum absolute atomic E-state index is 12.9. The van der Waals surface area contributed by atoms with Gasteiger partial charge < -0.3 is 0 Å². The molecule has 6 rings (SSSR count). The molecule has 0 radical (unpaired) electrons. The number of anilines is 1. The number of hydrogen-bond donors (Lipinski definition) is 2. The molecule has 7 heteroatoms. The number of H-pyrrole nitrogens is 1. The summed E-state index contributed by atoms with van der Waals surface area (Å²) in [5.41, 5.74) is 3.85. The Labute approximate surface area is 169 Å². The van der Waals surface area contributed by atoms with Crippen LogP contribution < -0.4 is 5.43 Å². The Hall–Kier alpha value is -2.15. The lowest BCUT2D eigenvalue weighted by Crippen LogP contribution is -2.48. The van der Waals surface area contributed by atoms with E-state index in [1.54, 1.807) is 6.21 Å². The molecular weight excluding hydrogens is 370 g/mol. The topological polar surface area (TPSA) is 83.0 Å². The number of thioether (sulfide) groups is 1. The fourth-order valence-corrected chi connectivity index (χ4v) is 6.48. The van der Waals surface area contributed by atoms with Crippen molar-refractivity contribution in [2.24, 2.45) is 34.7 Å². The molecule has 4 aliphatic carbocycles. The zero-order valence-corrected chi connectivity index (χ0v) is 16.6. The lowest BCUT2D eigenvalue weighted by atomic mass is 9.51. The Bertz CT molecular complexity index is 837. The van der Waals surface area contributed by atoms with Gasteiger partial charge in [0.1, 0.15) is 5.78 Å². The smallest absolute Gasteiger partial charge is 0.240 e. The number of benzene rings is 1. The molecule has 1 aromatic carbocycles. The van der Waals surface area contributed by atoms with Crippen LogP contribution in [0.4, 0.5) is 5.95 Å². The van der Waals surface area contributed by atoms with Crippen molar-refractivity contribution in [1.29, 1.82) is 0 Å². The highest BCUT2D eigenvalue weighted by atomic mass is 32.2. The molecule has 0 unspecified atom stereocenters. The molecule has 4 bridgehead atoms. The molecule has 146 valence electrons. The van der Waals surface area contributed by atoms with Crippen LogP contribution in [0.1, 0.15) is 37.7 Å². The quantitative estimate of drug-likeness (QED) is 0.421. The number of hydrogen-bond acceptors (Lipinski definition) is 6. The Kier molecular flexibility index (Phi) is 4.93. The van der Waals surface area contributed by atoms with E-state index < -0.39 is 0 Å². The third-order valence-corrected chi connectivity index (χ3v) is 7.46. The highest BCUT2D eigenvalue weighted by Gasteiger charge is 2.50. The molecule has 0 spiro atoms. The van der Waals surface area contributed by atoms with E-state index in [0.29, 0.717) is 34.5 Å². The van der Waals surface area contributed by atoms with Gasteiger partial charge in [0, 0.05) is 5.92 Å². The van der Waals surface area contributed by atoms with Crippen molar-refractivity contribution in [1.82, 2.24) is 15.2 Å². The van der Waals surface area contributed by atoms with Crippen molar-refractivity contribution in [3.63, 3.8) is 0 Å². The van der Waals surface area contributed by atoms with Crippen molar-refractivity contribution in [2.45, 2.75) is 37.3 Å². The Morgan fingerprint density at radius 2 is 1.86 bits per heavy atom. The maximum atomic E-state index is 12.9. The molecule has 1 aromatic heterocycles. The van der Waals surface area contributed by atoms with Gasteiger partial charge in [-0.05, 0) is 61.3 Å². The van der Waals surface area contributed by atoms with E-state index in [9.17, 15) is 4.79 Å². The molecule has 4 saturated carbocycles. The first-order valence-electron chi connectivity index (χ1n) is 10.2. The minimum atomic E-state index is 0.285. The zero-order valence-electron chi connectivity index (χ0n) is 15.8. The SMILES string of the molecule is O=C(CSc1n[nH]c(N/N=C\c2ccccc2)n1)C1C2CC3CC(C2)CC1C3. The number of aromatic nitrogens is 3. The summed E-state index contributed by atoms with van der Waals surface area (Å²) in [4.78, 5) is 17.3. The van der Waals surface area contributed by atoms with Crippen LogP contribution in [0.15, 0.2) is 40.6 Å². The first kappa shape index (κ1) is 17.9. The van der Waals surface area contributed by atoms with Crippen LogP contribution in [0.3, 0.4) is 0 Å². The summed E-state index contributed by atoms with van der Waals surface area (Å²) in [7, 11) is 0. The number of nitrogens with one attached hydrogen (secondary N) is 2. The van der Waals surface area contributed by atoms with Crippen LogP contribution in [0, 0.1) is 29.6 Å². The number of rotatable bonds is 7. The highest BCUT2D eigenvalue weighted by molar-refractivity contribution is 7.99. The minimum Gasteiger partial charge on any atom is -0.298 e. The van der Waals surface area contributed by atoms with Gasteiger partial charge in [-0.25, -0.2) is 10.5 Å². The van der Waals surface area contributed by atoms with Gasteiger partial charge in [0.25, 0.3) is 0 Å². The standard InChI is InChI=1S/C21H25N5OS/c27-18(19-16-7-14-6-15(9-16)10-17(19)8-14)12-28-21-23-20(25-26-21)24-22-11-13-4-2-1-3-5-13/h1-5,11,14-17,19H,6-10,12H2,(H2,23,24,25,26)/b22-11-. The van der Waals surface area contributed by atoms with Gasteiger partial charge in [-0.15, -0.1) is 5.10 Å². The summed E-state index contributed by atoms with van der Waals surface area (Å²) in [5, 5.41) is 11.8. The summed E-state index contributed by atoms with van der Waals surface area (Å²) < 4.78 is 0. The molecule has 0 aliphatic heterocycles. The summed E-state index contributed by atoms with van der Waals surface area (Å²) in [5.74, 6) is 4.72. The van der Waals surface area contributed by atoms with Gasteiger partial charge in [-0.2, -0.15) is 10.1 Å².